The van der Waals surface area contributed by atoms with Crippen LogP contribution in [0.4, 0.5) is 4.39 Å². The summed E-state index contributed by atoms with van der Waals surface area (Å²) in [6.07, 6.45) is 2.42. The number of piperidine rings is 1. The van der Waals surface area contributed by atoms with E-state index in [9.17, 15) is 14.0 Å². The summed E-state index contributed by atoms with van der Waals surface area (Å²) in [6, 6.07) is 11.1. The van der Waals surface area contributed by atoms with E-state index in [2.05, 4.69) is 10.3 Å². The quantitative estimate of drug-likeness (QED) is 0.929. The molecule has 1 saturated heterocycles. The fourth-order valence-electron chi connectivity index (χ4n) is 3.27. The number of amides is 2. The lowest BCUT2D eigenvalue weighted by molar-refractivity contribution is -0.141. The number of hydrogen-bond acceptors (Lipinski definition) is 3. The number of hydrogen-bond donors (Lipinski definition) is 1. The van der Waals surface area contributed by atoms with Crippen LogP contribution in [0.5, 0.6) is 0 Å². The second kappa shape index (κ2) is 7.42. The van der Waals surface area contributed by atoms with Gasteiger partial charge in [-0.1, -0.05) is 18.2 Å². The van der Waals surface area contributed by atoms with E-state index in [4.69, 9.17) is 0 Å². The number of aromatic nitrogens is 1. The molecule has 3 rings (SSSR count). The summed E-state index contributed by atoms with van der Waals surface area (Å²) in [6.45, 7) is 0.323. The van der Waals surface area contributed by atoms with Gasteiger partial charge in [0.05, 0.1) is 24.2 Å². The van der Waals surface area contributed by atoms with E-state index in [1.165, 1.54) is 12.1 Å². The molecule has 0 spiro atoms. The Kier molecular flexibility index (Phi) is 5.07. The van der Waals surface area contributed by atoms with Gasteiger partial charge in [-0.2, -0.15) is 0 Å². The third-order valence-corrected chi connectivity index (χ3v) is 4.56. The summed E-state index contributed by atoms with van der Waals surface area (Å²) in [5, 5.41) is 2.89. The molecule has 0 aliphatic carbocycles. The number of carbonyl (C=O) groups is 2. The van der Waals surface area contributed by atoms with Crippen molar-refractivity contribution >= 4 is 11.8 Å². The van der Waals surface area contributed by atoms with Crippen LogP contribution in [0, 0.1) is 11.7 Å². The first kappa shape index (κ1) is 17.1. The van der Waals surface area contributed by atoms with E-state index >= 15 is 0 Å². The molecule has 6 heteroatoms. The fraction of sp³-hybridized carbons (Fsp3) is 0.316. The maximum Gasteiger partial charge on any atom is 0.225 e. The lowest BCUT2D eigenvalue weighted by Gasteiger charge is -2.38. The molecule has 2 atom stereocenters. The molecule has 5 nitrogen and oxygen atoms in total. The molecule has 2 heterocycles. The second-order valence-corrected chi connectivity index (χ2v) is 6.19. The number of benzene rings is 1. The van der Waals surface area contributed by atoms with Crippen LogP contribution in [0.15, 0.2) is 48.7 Å². The van der Waals surface area contributed by atoms with Gasteiger partial charge in [0.2, 0.25) is 11.8 Å². The van der Waals surface area contributed by atoms with Gasteiger partial charge in [0.1, 0.15) is 5.82 Å². The highest BCUT2D eigenvalue weighted by molar-refractivity contribution is 5.84. The normalized spacial score (nSPS) is 20.4. The van der Waals surface area contributed by atoms with Gasteiger partial charge < -0.3 is 10.2 Å². The lowest BCUT2D eigenvalue weighted by atomic mass is 9.84. The SMILES string of the molecule is CN1C(=O)CC[C@H](C(=O)NCc2ccccn2)[C@H]1c1cccc(F)c1. The van der Waals surface area contributed by atoms with E-state index in [1.54, 1.807) is 30.3 Å². The summed E-state index contributed by atoms with van der Waals surface area (Å²) in [5.41, 5.74) is 1.40. The summed E-state index contributed by atoms with van der Waals surface area (Å²) in [4.78, 5) is 30.6. The molecule has 0 bridgehead atoms. The summed E-state index contributed by atoms with van der Waals surface area (Å²) in [7, 11) is 1.66. The van der Waals surface area contributed by atoms with Gasteiger partial charge in [0.25, 0.3) is 0 Å². The van der Waals surface area contributed by atoms with Gasteiger partial charge in [-0.05, 0) is 36.2 Å². The lowest BCUT2D eigenvalue weighted by Crippen LogP contribution is -2.46. The van der Waals surface area contributed by atoms with E-state index < -0.39 is 12.0 Å². The van der Waals surface area contributed by atoms with Crippen molar-refractivity contribution in [3.63, 3.8) is 0 Å². The van der Waals surface area contributed by atoms with Crippen LogP contribution >= 0.6 is 0 Å². The zero-order chi connectivity index (χ0) is 17.8. The highest BCUT2D eigenvalue weighted by Gasteiger charge is 2.38. The van der Waals surface area contributed by atoms with Crippen LogP contribution < -0.4 is 5.32 Å². The van der Waals surface area contributed by atoms with Gasteiger partial charge >= 0.3 is 0 Å². The Morgan fingerprint density at radius 1 is 1.32 bits per heavy atom. The molecule has 2 amide bonds. The van der Waals surface area contributed by atoms with Crippen LogP contribution in [-0.2, 0) is 16.1 Å². The topological polar surface area (TPSA) is 62.3 Å². The molecular weight excluding hydrogens is 321 g/mol. The van der Waals surface area contributed by atoms with Gasteiger partial charge in [-0.15, -0.1) is 0 Å². The van der Waals surface area contributed by atoms with Gasteiger partial charge in [-0.3, -0.25) is 14.6 Å². The Balaban J connectivity index is 1.79. The molecular formula is C19H20FN3O2. The van der Waals surface area contributed by atoms with Gasteiger partial charge in [0.15, 0.2) is 0 Å². The largest absolute Gasteiger partial charge is 0.350 e. The van der Waals surface area contributed by atoms with E-state index in [0.717, 1.165) is 5.69 Å². The summed E-state index contributed by atoms with van der Waals surface area (Å²) in [5.74, 6) is -0.993. The van der Waals surface area contributed by atoms with Crippen LogP contribution in [-0.4, -0.2) is 28.7 Å². The second-order valence-electron chi connectivity index (χ2n) is 6.19. The van der Waals surface area contributed by atoms with E-state index in [1.807, 2.05) is 18.2 Å². The smallest absolute Gasteiger partial charge is 0.225 e. The molecule has 1 aliphatic heterocycles. The number of nitrogens with zero attached hydrogens (tertiary/aromatic N) is 2. The third kappa shape index (κ3) is 3.84. The number of halogens is 1. The zero-order valence-corrected chi connectivity index (χ0v) is 14.0. The molecule has 0 radical (unpaired) electrons. The minimum absolute atomic E-state index is 0.0389. The minimum atomic E-state index is -0.472. The Morgan fingerprint density at radius 3 is 2.88 bits per heavy atom. The highest BCUT2D eigenvalue weighted by Crippen LogP contribution is 2.36. The molecule has 130 valence electrons. The van der Waals surface area contributed by atoms with Crippen molar-refractivity contribution in [1.82, 2.24) is 15.2 Å². The van der Waals surface area contributed by atoms with E-state index in [-0.39, 0.29) is 17.6 Å². The average molecular weight is 341 g/mol. The molecule has 2 aromatic rings. The predicted octanol–water partition coefficient (Wildman–Crippen LogP) is 2.45. The summed E-state index contributed by atoms with van der Waals surface area (Å²) >= 11 is 0. The molecule has 1 N–H and O–H groups in total. The third-order valence-electron chi connectivity index (χ3n) is 4.56. The Hall–Kier alpha value is -2.76. The Morgan fingerprint density at radius 2 is 2.16 bits per heavy atom. The monoisotopic (exact) mass is 341 g/mol. The van der Waals surface area contributed by atoms with Crippen molar-refractivity contribution in [3.8, 4) is 0 Å². The number of carbonyl (C=O) groups excluding carboxylic acids is 2. The van der Waals surface area contributed by atoms with Crippen molar-refractivity contribution in [2.24, 2.45) is 5.92 Å². The molecule has 1 aromatic carbocycles. The van der Waals surface area contributed by atoms with Crippen LogP contribution in [0.2, 0.25) is 0 Å². The molecule has 0 unspecified atom stereocenters. The first-order valence-corrected chi connectivity index (χ1v) is 8.25. The van der Waals surface area contributed by atoms with Crippen LogP contribution in [0.25, 0.3) is 0 Å². The predicted molar refractivity (Wildman–Crippen MR) is 90.7 cm³/mol. The maximum absolute atomic E-state index is 13.6. The van der Waals surface area contributed by atoms with Gasteiger partial charge in [0, 0.05) is 19.7 Å². The first-order chi connectivity index (χ1) is 12.1. The average Bonchev–Trinajstić information content (AvgIpc) is 2.62. The number of pyridine rings is 1. The number of nitrogens with one attached hydrogen (secondary N) is 1. The van der Waals surface area contributed by atoms with Crippen molar-refractivity contribution in [1.29, 1.82) is 0 Å². The number of rotatable bonds is 4. The zero-order valence-electron chi connectivity index (χ0n) is 14.0. The van der Waals surface area contributed by atoms with Crippen LogP contribution in [0.1, 0.15) is 30.1 Å². The summed E-state index contributed by atoms with van der Waals surface area (Å²) < 4.78 is 13.6. The first-order valence-electron chi connectivity index (χ1n) is 8.25. The highest BCUT2D eigenvalue weighted by atomic mass is 19.1. The molecule has 1 fully saturated rings. The number of likely N-dealkylation sites (tertiary alicyclic amines) is 1. The van der Waals surface area contributed by atoms with Crippen LogP contribution in [0.3, 0.4) is 0 Å². The fourth-order valence-corrected chi connectivity index (χ4v) is 3.27. The van der Waals surface area contributed by atoms with Crippen molar-refractivity contribution < 1.29 is 14.0 Å². The molecule has 25 heavy (non-hydrogen) atoms. The standard InChI is InChI=1S/C19H20FN3O2/c1-23-17(24)9-8-16(18(23)13-5-4-6-14(20)11-13)19(25)22-12-15-7-2-3-10-21-15/h2-7,10-11,16,18H,8-9,12H2,1H3,(H,22,25)/t16-,18+/m0/s1. The molecule has 0 saturated carbocycles. The van der Waals surface area contributed by atoms with E-state index in [0.29, 0.717) is 24.9 Å². The molecule has 1 aliphatic rings. The van der Waals surface area contributed by atoms with Gasteiger partial charge in [-0.25, -0.2) is 4.39 Å². The van der Waals surface area contributed by atoms with Crippen molar-refractivity contribution in [3.05, 3.63) is 65.7 Å². The Bertz CT molecular complexity index is 766. The van der Waals surface area contributed by atoms with Crippen molar-refractivity contribution in [2.45, 2.75) is 25.4 Å². The maximum atomic E-state index is 13.6. The minimum Gasteiger partial charge on any atom is -0.350 e. The Labute approximate surface area is 145 Å². The van der Waals surface area contributed by atoms with Crippen molar-refractivity contribution in [2.75, 3.05) is 7.05 Å². The molecule has 1 aromatic heterocycles.